The smallest absolute Gasteiger partial charge is 0.186 e. The summed E-state index contributed by atoms with van der Waals surface area (Å²) in [5, 5.41) is 8.60. The monoisotopic (exact) mass is 185 g/mol. The van der Waals surface area contributed by atoms with E-state index in [1.165, 1.54) is 11.8 Å². The Bertz CT molecular complexity index is 184. The van der Waals surface area contributed by atoms with Gasteiger partial charge in [0.2, 0.25) is 0 Å². The first-order chi connectivity index (χ1) is 6.40. The van der Waals surface area contributed by atoms with Crippen molar-refractivity contribution in [2.45, 2.75) is 12.8 Å². The molecule has 0 unspecified atom stereocenters. The zero-order valence-corrected chi connectivity index (χ0v) is 7.13. The van der Waals surface area contributed by atoms with E-state index < -0.39 is 22.6 Å². The van der Waals surface area contributed by atoms with Gasteiger partial charge in [-0.2, -0.15) is 11.8 Å². The maximum Gasteiger partial charge on any atom is 0.186 e. The zero-order valence-electron chi connectivity index (χ0n) is 9.50. The first-order valence-electron chi connectivity index (χ1n) is 5.04. The van der Waals surface area contributed by atoms with Crippen LogP contribution in [0, 0.1) is 0 Å². The summed E-state index contributed by atoms with van der Waals surface area (Å²) in [5.41, 5.74) is -3.57. The van der Waals surface area contributed by atoms with Gasteiger partial charge in [0.1, 0.15) is 11.4 Å². The standard InChI is InChI=1S/C6H12O2S2/c7-8-10-5-1-3-9-4-2-6-10/h1-6H2/p+1/i5D2,6D2. The van der Waals surface area contributed by atoms with E-state index in [1.54, 1.807) is 0 Å². The SMILES string of the molecule is [2H]C1([2H])CCSCCC([2H])([2H])[S+]1OO. The normalized spacial score (nSPS) is 39.7. The van der Waals surface area contributed by atoms with Gasteiger partial charge in [0.25, 0.3) is 0 Å². The summed E-state index contributed by atoms with van der Waals surface area (Å²) < 4.78 is 34.5. The predicted octanol–water partition coefficient (Wildman–Crippen LogP) is 1.54. The van der Waals surface area contributed by atoms with Gasteiger partial charge < -0.3 is 0 Å². The molecule has 0 aromatic heterocycles. The Labute approximate surface area is 74.4 Å². The molecule has 0 aromatic rings. The highest BCUT2D eigenvalue weighted by molar-refractivity contribution is 7.99. The van der Waals surface area contributed by atoms with Gasteiger partial charge in [0, 0.05) is 12.8 Å². The molecule has 0 spiro atoms. The molecular formula is C6H13O2S2+. The van der Waals surface area contributed by atoms with Crippen LogP contribution >= 0.6 is 11.8 Å². The molecule has 0 amide bonds. The molecular weight excluding hydrogens is 168 g/mol. The Balaban J connectivity index is 2.84. The van der Waals surface area contributed by atoms with Crippen molar-refractivity contribution in [3.05, 3.63) is 0 Å². The molecule has 60 valence electrons. The van der Waals surface area contributed by atoms with Crippen molar-refractivity contribution in [3.8, 4) is 0 Å². The average Bonchev–Trinajstić information content (AvgIpc) is 2.01. The van der Waals surface area contributed by atoms with E-state index >= 15 is 0 Å². The molecule has 1 heterocycles. The first-order valence-corrected chi connectivity index (χ1v) is 5.35. The topological polar surface area (TPSA) is 29.5 Å². The van der Waals surface area contributed by atoms with Gasteiger partial charge in [0.15, 0.2) is 11.2 Å². The zero-order chi connectivity index (χ0) is 10.8. The van der Waals surface area contributed by atoms with Crippen molar-refractivity contribution in [1.82, 2.24) is 0 Å². The molecule has 1 saturated heterocycles. The molecule has 0 aromatic carbocycles. The van der Waals surface area contributed by atoms with Crippen molar-refractivity contribution < 1.29 is 15.1 Å². The third-order valence-electron chi connectivity index (χ3n) is 1.03. The molecule has 4 heteroatoms. The Kier molecular flexibility index (Phi) is 2.43. The van der Waals surface area contributed by atoms with Crippen LogP contribution in [-0.4, -0.2) is 28.2 Å². The van der Waals surface area contributed by atoms with Crippen molar-refractivity contribution in [2.75, 3.05) is 22.9 Å². The lowest BCUT2D eigenvalue weighted by molar-refractivity contribution is -0.122. The quantitative estimate of drug-likeness (QED) is 0.382. The van der Waals surface area contributed by atoms with Crippen LogP contribution < -0.4 is 0 Å². The van der Waals surface area contributed by atoms with Gasteiger partial charge in [0.05, 0.1) is 5.48 Å². The Morgan fingerprint density at radius 3 is 2.50 bits per heavy atom. The van der Waals surface area contributed by atoms with E-state index in [2.05, 4.69) is 4.33 Å². The fraction of sp³-hybridized carbons (Fsp3) is 1.00. The molecule has 1 fully saturated rings. The van der Waals surface area contributed by atoms with E-state index in [-0.39, 0.29) is 12.8 Å². The van der Waals surface area contributed by atoms with Crippen LogP contribution in [0.15, 0.2) is 0 Å². The molecule has 10 heavy (non-hydrogen) atoms. The molecule has 0 bridgehead atoms. The van der Waals surface area contributed by atoms with Gasteiger partial charge in [-0.05, 0) is 15.8 Å². The highest BCUT2D eigenvalue weighted by Gasteiger charge is 2.21. The Morgan fingerprint density at radius 2 is 2.00 bits per heavy atom. The third-order valence-corrected chi connectivity index (χ3v) is 3.10. The summed E-state index contributed by atoms with van der Waals surface area (Å²) in [4.78, 5) is 0. The second-order valence-corrected chi connectivity index (χ2v) is 4.23. The lowest BCUT2D eigenvalue weighted by atomic mass is 10.5. The molecule has 1 N–H and O–H groups in total. The van der Waals surface area contributed by atoms with Crippen LogP contribution in [0.25, 0.3) is 0 Å². The van der Waals surface area contributed by atoms with Crippen molar-refractivity contribution >= 4 is 22.9 Å². The van der Waals surface area contributed by atoms with Crippen LogP contribution in [-0.2, 0) is 15.5 Å². The van der Waals surface area contributed by atoms with Crippen molar-refractivity contribution in [2.24, 2.45) is 0 Å². The second-order valence-electron chi connectivity index (χ2n) is 1.74. The summed E-state index contributed by atoms with van der Waals surface area (Å²) in [6, 6.07) is 0. The summed E-state index contributed by atoms with van der Waals surface area (Å²) in [5.74, 6) is 1.27. The van der Waals surface area contributed by atoms with Gasteiger partial charge >= 0.3 is 0 Å². The third kappa shape index (κ3) is 3.14. The maximum atomic E-state index is 8.60. The lowest BCUT2D eigenvalue weighted by Crippen LogP contribution is -2.17. The largest absolute Gasteiger partial charge is 0.204 e. The highest BCUT2D eigenvalue weighted by atomic mass is 32.2. The summed E-state index contributed by atoms with van der Waals surface area (Å²) in [7, 11) is 0. The van der Waals surface area contributed by atoms with Crippen molar-refractivity contribution in [1.29, 1.82) is 0 Å². The number of hydrogen-bond donors (Lipinski definition) is 1. The number of thioether (sulfide) groups is 1. The Hall–Kier alpha value is 0.620. The minimum absolute atomic E-state index is 0.209. The summed E-state index contributed by atoms with van der Waals surface area (Å²) >= 11 is -0.158. The minimum Gasteiger partial charge on any atom is -0.204 e. The van der Waals surface area contributed by atoms with E-state index in [9.17, 15) is 0 Å². The summed E-state index contributed by atoms with van der Waals surface area (Å²) in [6.07, 6.45) is 0.418. The summed E-state index contributed by atoms with van der Waals surface area (Å²) in [6.45, 7) is 0. The Morgan fingerprint density at radius 1 is 1.40 bits per heavy atom. The molecule has 1 aliphatic rings. The van der Waals surface area contributed by atoms with E-state index in [4.69, 9.17) is 10.7 Å². The van der Waals surface area contributed by atoms with Gasteiger partial charge in [-0.1, -0.05) is 0 Å². The molecule has 1 rings (SSSR count). The lowest BCUT2D eigenvalue weighted by Gasteiger charge is -2.06. The fourth-order valence-electron chi connectivity index (χ4n) is 0.619. The van der Waals surface area contributed by atoms with Crippen LogP contribution in [0.4, 0.5) is 0 Å². The second kappa shape index (κ2) is 5.29. The van der Waals surface area contributed by atoms with E-state index in [1.807, 2.05) is 0 Å². The first kappa shape index (κ1) is 4.60. The van der Waals surface area contributed by atoms with Gasteiger partial charge in [-0.3, -0.25) is 0 Å². The molecule has 1 aliphatic heterocycles. The van der Waals surface area contributed by atoms with Crippen LogP contribution in [0.1, 0.15) is 18.3 Å². The molecule has 0 aliphatic carbocycles. The van der Waals surface area contributed by atoms with Crippen LogP contribution in [0.5, 0.6) is 0 Å². The number of hydrogen-bond acceptors (Lipinski definition) is 3. The molecule has 2 nitrogen and oxygen atoms in total. The highest BCUT2D eigenvalue weighted by Crippen LogP contribution is 2.13. The predicted molar refractivity (Wildman–Crippen MR) is 47.4 cm³/mol. The van der Waals surface area contributed by atoms with Gasteiger partial charge in [-0.25, -0.2) is 5.26 Å². The van der Waals surface area contributed by atoms with Crippen molar-refractivity contribution in [3.63, 3.8) is 0 Å². The van der Waals surface area contributed by atoms with Gasteiger partial charge in [-0.15, -0.1) is 0 Å². The molecule has 0 saturated carbocycles. The van der Waals surface area contributed by atoms with E-state index in [0.29, 0.717) is 11.5 Å². The fourth-order valence-corrected chi connectivity index (χ4v) is 2.36. The van der Waals surface area contributed by atoms with E-state index in [0.717, 1.165) is 0 Å². The average molecular weight is 185 g/mol. The maximum absolute atomic E-state index is 8.60. The minimum atomic E-state index is -1.79. The molecule has 0 atom stereocenters. The van der Waals surface area contributed by atoms with Crippen LogP contribution in [0.3, 0.4) is 0 Å². The molecule has 0 radical (unpaired) electrons. The number of rotatable bonds is 1. The van der Waals surface area contributed by atoms with Crippen LogP contribution in [0.2, 0.25) is 0 Å².